The van der Waals surface area contributed by atoms with Crippen molar-refractivity contribution in [1.29, 1.82) is 0 Å². The molecule has 25 heavy (non-hydrogen) atoms. The first-order valence-corrected chi connectivity index (χ1v) is 9.26. The standard InChI is InChI=1S/C21H22O3S/c1-21(2,3)15-10-8-14(9-11-15)13-25-20-17(12-22)19(23)16-6-4-5-7-18(16)24-20/h4-11,22H,12-13H2,1-3H3. The lowest BCUT2D eigenvalue weighted by Gasteiger charge is -2.19. The highest BCUT2D eigenvalue weighted by molar-refractivity contribution is 7.98. The number of hydrogen-bond donors (Lipinski definition) is 1. The molecule has 0 spiro atoms. The Bertz CT molecular complexity index is 934. The van der Waals surface area contributed by atoms with Crippen molar-refractivity contribution in [3.8, 4) is 0 Å². The van der Waals surface area contributed by atoms with Crippen LogP contribution in [0.5, 0.6) is 0 Å². The number of benzene rings is 2. The van der Waals surface area contributed by atoms with Gasteiger partial charge in [-0.25, -0.2) is 0 Å². The minimum absolute atomic E-state index is 0.126. The lowest BCUT2D eigenvalue weighted by Crippen LogP contribution is -2.11. The van der Waals surface area contributed by atoms with E-state index in [0.29, 0.717) is 27.4 Å². The van der Waals surface area contributed by atoms with Crippen molar-refractivity contribution in [1.82, 2.24) is 0 Å². The van der Waals surface area contributed by atoms with Crippen LogP contribution in [0.2, 0.25) is 0 Å². The molecule has 0 radical (unpaired) electrons. The molecule has 1 aromatic heterocycles. The predicted molar refractivity (Wildman–Crippen MR) is 103 cm³/mol. The van der Waals surface area contributed by atoms with Crippen molar-refractivity contribution in [3.05, 3.63) is 75.4 Å². The van der Waals surface area contributed by atoms with Crippen molar-refractivity contribution in [2.75, 3.05) is 0 Å². The van der Waals surface area contributed by atoms with Gasteiger partial charge in [0.25, 0.3) is 0 Å². The first kappa shape index (κ1) is 17.8. The van der Waals surface area contributed by atoms with E-state index in [-0.39, 0.29) is 17.5 Å². The maximum atomic E-state index is 12.5. The SMILES string of the molecule is CC(C)(C)c1ccc(CSc2oc3ccccc3c(=O)c2CO)cc1. The van der Waals surface area contributed by atoms with Crippen molar-refractivity contribution >= 4 is 22.7 Å². The van der Waals surface area contributed by atoms with Gasteiger partial charge in [0.15, 0.2) is 10.5 Å². The maximum absolute atomic E-state index is 12.5. The fourth-order valence-corrected chi connectivity index (χ4v) is 3.63. The fraction of sp³-hybridized carbons (Fsp3) is 0.286. The van der Waals surface area contributed by atoms with Gasteiger partial charge >= 0.3 is 0 Å². The third kappa shape index (κ3) is 3.80. The van der Waals surface area contributed by atoms with Crippen LogP contribution in [-0.2, 0) is 17.8 Å². The minimum atomic E-state index is -0.321. The van der Waals surface area contributed by atoms with E-state index in [0.717, 1.165) is 5.56 Å². The summed E-state index contributed by atoms with van der Waals surface area (Å²) in [6.45, 7) is 6.24. The number of aliphatic hydroxyl groups is 1. The molecular weight excluding hydrogens is 332 g/mol. The number of fused-ring (bicyclic) bond motifs is 1. The van der Waals surface area contributed by atoms with Gasteiger partial charge in [-0.15, -0.1) is 0 Å². The molecule has 0 aliphatic heterocycles. The Kier molecular flexibility index (Phi) is 5.02. The van der Waals surface area contributed by atoms with E-state index in [1.807, 2.05) is 6.07 Å². The number of hydrogen-bond acceptors (Lipinski definition) is 4. The molecule has 0 bridgehead atoms. The summed E-state index contributed by atoms with van der Waals surface area (Å²) in [7, 11) is 0. The second-order valence-corrected chi connectivity index (χ2v) is 8.04. The lowest BCUT2D eigenvalue weighted by molar-refractivity contribution is 0.269. The first-order chi connectivity index (χ1) is 11.9. The number of para-hydroxylation sites is 1. The number of rotatable bonds is 4. The predicted octanol–water partition coefficient (Wildman–Crippen LogP) is 4.88. The van der Waals surface area contributed by atoms with Gasteiger partial charge in [0.2, 0.25) is 0 Å². The molecule has 0 aliphatic rings. The van der Waals surface area contributed by atoms with Crippen LogP contribution in [0.25, 0.3) is 11.0 Å². The summed E-state index contributed by atoms with van der Waals surface area (Å²) in [5.41, 5.74) is 3.29. The van der Waals surface area contributed by atoms with Crippen LogP contribution >= 0.6 is 11.8 Å². The molecule has 1 N–H and O–H groups in total. The van der Waals surface area contributed by atoms with Crippen molar-refractivity contribution in [3.63, 3.8) is 0 Å². The van der Waals surface area contributed by atoms with Gasteiger partial charge in [0.1, 0.15) is 5.58 Å². The highest BCUT2D eigenvalue weighted by Crippen LogP contribution is 2.29. The monoisotopic (exact) mass is 354 g/mol. The topological polar surface area (TPSA) is 50.4 Å². The van der Waals surface area contributed by atoms with Crippen LogP contribution in [0, 0.1) is 0 Å². The van der Waals surface area contributed by atoms with Gasteiger partial charge in [-0.05, 0) is 28.7 Å². The second-order valence-electron chi connectivity index (χ2n) is 7.09. The summed E-state index contributed by atoms with van der Waals surface area (Å²) >= 11 is 1.44. The summed E-state index contributed by atoms with van der Waals surface area (Å²) in [5.74, 6) is 0.679. The third-order valence-corrected chi connectivity index (χ3v) is 5.27. The van der Waals surface area contributed by atoms with Gasteiger partial charge in [-0.1, -0.05) is 68.9 Å². The molecule has 0 unspecified atom stereocenters. The fourth-order valence-electron chi connectivity index (χ4n) is 2.66. The van der Waals surface area contributed by atoms with E-state index in [4.69, 9.17) is 4.42 Å². The average Bonchev–Trinajstić information content (AvgIpc) is 2.60. The largest absolute Gasteiger partial charge is 0.449 e. The van der Waals surface area contributed by atoms with Crippen molar-refractivity contribution < 1.29 is 9.52 Å². The molecule has 3 aromatic rings. The molecule has 0 saturated carbocycles. The molecule has 0 fully saturated rings. The molecule has 3 nitrogen and oxygen atoms in total. The van der Waals surface area contributed by atoms with Gasteiger partial charge in [0, 0.05) is 5.75 Å². The van der Waals surface area contributed by atoms with Crippen LogP contribution in [-0.4, -0.2) is 5.11 Å². The molecular formula is C21H22O3S. The van der Waals surface area contributed by atoms with Crippen LogP contribution in [0.1, 0.15) is 37.5 Å². The van der Waals surface area contributed by atoms with Crippen LogP contribution in [0.15, 0.2) is 62.8 Å². The second kappa shape index (κ2) is 7.06. The zero-order chi connectivity index (χ0) is 18.0. The summed E-state index contributed by atoms with van der Waals surface area (Å²) in [5, 5.41) is 10.6. The molecule has 0 aliphatic carbocycles. The van der Waals surface area contributed by atoms with E-state index in [9.17, 15) is 9.90 Å². The zero-order valence-electron chi connectivity index (χ0n) is 14.7. The summed E-state index contributed by atoms with van der Waals surface area (Å²) in [6.07, 6.45) is 0. The van der Waals surface area contributed by atoms with Gasteiger partial charge in [-0.2, -0.15) is 0 Å². The molecule has 0 saturated heterocycles. The van der Waals surface area contributed by atoms with Gasteiger partial charge < -0.3 is 9.52 Å². The van der Waals surface area contributed by atoms with Gasteiger partial charge in [0.05, 0.1) is 17.6 Å². The Balaban J connectivity index is 1.87. The highest BCUT2D eigenvalue weighted by Gasteiger charge is 2.15. The van der Waals surface area contributed by atoms with Crippen molar-refractivity contribution in [2.45, 2.75) is 43.6 Å². The van der Waals surface area contributed by atoms with E-state index in [2.05, 4.69) is 45.0 Å². The number of thioether (sulfide) groups is 1. The van der Waals surface area contributed by atoms with E-state index in [1.54, 1.807) is 18.2 Å². The van der Waals surface area contributed by atoms with Crippen LogP contribution in [0.4, 0.5) is 0 Å². The van der Waals surface area contributed by atoms with Crippen LogP contribution < -0.4 is 5.43 Å². The maximum Gasteiger partial charge on any atom is 0.199 e. The molecule has 0 atom stereocenters. The van der Waals surface area contributed by atoms with Crippen molar-refractivity contribution in [2.24, 2.45) is 0 Å². The molecule has 0 amide bonds. The molecule has 2 aromatic carbocycles. The molecule has 130 valence electrons. The Hall–Kier alpha value is -2.04. The zero-order valence-corrected chi connectivity index (χ0v) is 15.5. The summed E-state index contributed by atoms with van der Waals surface area (Å²) in [4.78, 5) is 12.5. The third-order valence-electron chi connectivity index (χ3n) is 4.20. The quantitative estimate of drug-likeness (QED) is 0.679. The lowest BCUT2D eigenvalue weighted by atomic mass is 9.87. The Labute approximate surface area is 151 Å². The molecule has 3 rings (SSSR count). The van der Waals surface area contributed by atoms with E-state index in [1.165, 1.54) is 17.3 Å². The highest BCUT2D eigenvalue weighted by atomic mass is 32.2. The normalized spacial score (nSPS) is 11.8. The average molecular weight is 354 g/mol. The molecule has 4 heteroatoms. The van der Waals surface area contributed by atoms with E-state index < -0.39 is 0 Å². The Morgan fingerprint density at radius 2 is 1.72 bits per heavy atom. The number of aliphatic hydroxyl groups excluding tert-OH is 1. The minimum Gasteiger partial charge on any atom is -0.449 e. The summed E-state index contributed by atoms with van der Waals surface area (Å²) < 4.78 is 5.87. The Morgan fingerprint density at radius 1 is 1.04 bits per heavy atom. The Morgan fingerprint density at radius 3 is 2.36 bits per heavy atom. The first-order valence-electron chi connectivity index (χ1n) is 8.28. The summed E-state index contributed by atoms with van der Waals surface area (Å²) in [6, 6.07) is 15.6. The van der Waals surface area contributed by atoms with Crippen LogP contribution in [0.3, 0.4) is 0 Å². The van der Waals surface area contributed by atoms with E-state index >= 15 is 0 Å². The molecule has 1 heterocycles. The smallest absolute Gasteiger partial charge is 0.199 e. The van der Waals surface area contributed by atoms with Gasteiger partial charge in [-0.3, -0.25) is 4.79 Å².